The molecule has 0 spiro atoms. The summed E-state index contributed by atoms with van der Waals surface area (Å²) in [6.45, 7) is 3.48. The minimum Gasteiger partial charge on any atom is -0.381 e. The molecule has 1 N–H and O–H groups in total. The highest BCUT2D eigenvalue weighted by atomic mass is 32.2. The lowest BCUT2D eigenvalue weighted by molar-refractivity contribution is 0.131. The molecule has 0 aliphatic heterocycles. The van der Waals surface area contributed by atoms with E-state index in [0.29, 0.717) is 13.0 Å². The van der Waals surface area contributed by atoms with Crippen molar-refractivity contribution in [2.24, 2.45) is 0 Å². The Hall–Kier alpha value is -0.130. The van der Waals surface area contributed by atoms with Crippen molar-refractivity contribution in [2.45, 2.75) is 32.6 Å². The predicted octanol–water partition coefficient (Wildman–Crippen LogP) is 1.47. The average Bonchev–Trinajstić information content (AvgIpc) is 2.01. The van der Waals surface area contributed by atoms with Crippen LogP contribution in [0, 0.1) is 0 Å². The van der Waals surface area contributed by atoms with Gasteiger partial charge in [-0.2, -0.15) is 8.42 Å². The maximum absolute atomic E-state index is 10.3. The Morgan fingerprint density at radius 1 is 1.15 bits per heavy atom. The maximum Gasteiger partial charge on any atom is 0.264 e. The molecule has 0 saturated heterocycles. The first kappa shape index (κ1) is 12.9. The molecule has 0 aromatic heterocycles. The summed E-state index contributed by atoms with van der Waals surface area (Å²) in [6.07, 6.45) is 3.15. The predicted molar refractivity (Wildman–Crippen MR) is 51.4 cm³/mol. The molecule has 0 atom stereocenters. The summed E-state index contributed by atoms with van der Waals surface area (Å²) < 4.78 is 34.2. The molecule has 0 amide bonds. The Labute approximate surface area is 80.0 Å². The molecule has 0 bridgehead atoms. The molecule has 0 aliphatic rings. The van der Waals surface area contributed by atoms with Gasteiger partial charge in [-0.1, -0.05) is 13.3 Å². The van der Waals surface area contributed by atoms with E-state index in [-0.39, 0.29) is 5.75 Å². The Kier molecular flexibility index (Phi) is 7.22. The second-order valence-electron chi connectivity index (χ2n) is 2.96. The van der Waals surface area contributed by atoms with Crippen molar-refractivity contribution in [3.05, 3.63) is 0 Å². The maximum atomic E-state index is 10.3. The van der Waals surface area contributed by atoms with Gasteiger partial charge in [0.2, 0.25) is 0 Å². The zero-order valence-electron chi connectivity index (χ0n) is 8.03. The first-order valence-corrected chi connectivity index (χ1v) is 6.20. The van der Waals surface area contributed by atoms with Gasteiger partial charge in [-0.25, -0.2) is 0 Å². The van der Waals surface area contributed by atoms with Crippen molar-refractivity contribution in [1.29, 1.82) is 0 Å². The van der Waals surface area contributed by atoms with E-state index in [1.807, 2.05) is 6.92 Å². The summed E-state index contributed by atoms with van der Waals surface area (Å²) >= 11 is 0. The Morgan fingerprint density at radius 3 is 2.38 bits per heavy atom. The fraction of sp³-hybridized carbons (Fsp3) is 1.00. The van der Waals surface area contributed by atoms with Crippen LogP contribution in [0.15, 0.2) is 0 Å². The standard InChI is InChI=1S/C8H18O4S/c1-2-6-12-7-4-3-5-8-13(9,10)11/h2-8H2,1H3,(H,9,10,11). The quantitative estimate of drug-likeness (QED) is 0.487. The van der Waals surface area contributed by atoms with Crippen LogP contribution in [-0.4, -0.2) is 31.9 Å². The summed E-state index contributed by atoms with van der Waals surface area (Å²) in [5.74, 6) is -0.138. The van der Waals surface area contributed by atoms with E-state index in [0.717, 1.165) is 25.9 Å². The van der Waals surface area contributed by atoms with Crippen molar-refractivity contribution in [2.75, 3.05) is 19.0 Å². The van der Waals surface area contributed by atoms with Crippen LogP contribution in [0.3, 0.4) is 0 Å². The van der Waals surface area contributed by atoms with Gasteiger partial charge in [0.25, 0.3) is 10.1 Å². The van der Waals surface area contributed by atoms with Crippen molar-refractivity contribution in [3.63, 3.8) is 0 Å². The van der Waals surface area contributed by atoms with E-state index in [1.54, 1.807) is 0 Å². The molecule has 5 heteroatoms. The van der Waals surface area contributed by atoms with Gasteiger partial charge in [0.15, 0.2) is 0 Å². The molecule has 0 aromatic carbocycles. The van der Waals surface area contributed by atoms with Crippen molar-refractivity contribution in [1.82, 2.24) is 0 Å². The van der Waals surface area contributed by atoms with Crippen molar-refractivity contribution >= 4 is 10.1 Å². The highest BCUT2D eigenvalue weighted by Gasteiger charge is 2.02. The number of unbranched alkanes of at least 4 members (excludes halogenated alkanes) is 2. The van der Waals surface area contributed by atoms with Gasteiger partial charge in [0, 0.05) is 13.2 Å². The SMILES string of the molecule is CCCOCCCCCS(=O)(=O)O. The van der Waals surface area contributed by atoms with Crippen LogP contribution in [0.5, 0.6) is 0 Å². The van der Waals surface area contributed by atoms with E-state index in [4.69, 9.17) is 9.29 Å². The van der Waals surface area contributed by atoms with Crippen LogP contribution in [0.25, 0.3) is 0 Å². The second-order valence-corrected chi connectivity index (χ2v) is 4.53. The molecule has 0 aliphatic carbocycles. The first-order chi connectivity index (χ1) is 6.06. The number of rotatable bonds is 8. The minimum atomic E-state index is -3.76. The molecule has 80 valence electrons. The molecule has 0 aromatic rings. The lowest BCUT2D eigenvalue weighted by atomic mass is 10.3. The van der Waals surface area contributed by atoms with Crippen LogP contribution in [0.2, 0.25) is 0 Å². The summed E-state index contributed by atoms with van der Waals surface area (Å²) in [7, 11) is -3.76. The zero-order chi connectivity index (χ0) is 10.2. The monoisotopic (exact) mass is 210 g/mol. The van der Waals surface area contributed by atoms with Crippen LogP contribution in [-0.2, 0) is 14.9 Å². The molecular formula is C8H18O4S. The normalized spacial score (nSPS) is 11.8. The zero-order valence-corrected chi connectivity index (χ0v) is 8.85. The summed E-state index contributed by atoms with van der Waals surface area (Å²) in [6, 6.07) is 0. The highest BCUT2D eigenvalue weighted by Crippen LogP contribution is 1.98. The third kappa shape index (κ3) is 11.9. The summed E-state index contributed by atoms with van der Waals surface area (Å²) in [4.78, 5) is 0. The van der Waals surface area contributed by atoms with E-state index in [2.05, 4.69) is 0 Å². The van der Waals surface area contributed by atoms with Gasteiger partial charge in [-0.3, -0.25) is 4.55 Å². The molecule has 0 unspecified atom stereocenters. The minimum absolute atomic E-state index is 0.138. The number of hydrogen-bond donors (Lipinski definition) is 1. The van der Waals surface area contributed by atoms with Crippen molar-refractivity contribution in [3.8, 4) is 0 Å². The molecule has 0 radical (unpaired) electrons. The van der Waals surface area contributed by atoms with E-state index < -0.39 is 10.1 Å². The third-order valence-corrected chi connectivity index (χ3v) is 2.34. The van der Waals surface area contributed by atoms with E-state index >= 15 is 0 Å². The fourth-order valence-corrected chi connectivity index (χ4v) is 1.48. The van der Waals surface area contributed by atoms with E-state index in [1.165, 1.54) is 0 Å². The lowest BCUT2D eigenvalue weighted by Gasteiger charge is -2.01. The van der Waals surface area contributed by atoms with Gasteiger partial charge >= 0.3 is 0 Å². The average molecular weight is 210 g/mol. The largest absolute Gasteiger partial charge is 0.381 e. The van der Waals surface area contributed by atoms with Crippen LogP contribution >= 0.6 is 0 Å². The Bertz CT molecular complexity index is 198. The van der Waals surface area contributed by atoms with Crippen LogP contribution < -0.4 is 0 Å². The van der Waals surface area contributed by atoms with Gasteiger partial charge in [0.05, 0.1) is 5.75 Å². The van der Waals surface area contributed by atoms with Gasteiger partial charge < -0.3 is 4.74 Å². The van der Waals surface area contributed by atoms with Crippen LogP contribution in [0.4, 0.5) is 0 Å². The molecule has 0 fully saturated rings. The molecule has 0 saturated carbocycles. The Morgan fingerprint density at radius 2 is 1.85 bits per heavy atom. The van der Waals surface area contributed by atoms with Gasteiger partial charge in [-0.05, 0) is 19.3 Å². The van der Waals surface area contributed by atoms with E-state index in [9.17, 15) is 8.42 Å². The molecular weight excluding hydrogens is 192 g/mol. The van der Waals surface area contributed by atoms with Gasteiger partial charge in [0.1, 0.15) is 0 Å². The smallest absolute Gasteiger partial charge is 0.264 e. The number of ether oxygens (including phenoxy) is 1. The molecule has 4 nitrogen and oxygen atoms in total. The van der Waals surface area contributed by atoms with Crippen molar-refractivity contribution < 1.29 is 17.7 Å². The lowest BCUT2D eigenvalue weighted by Crippen LogP contribution is -2.04. The van der Waals surface area contributed by atoms with Crippen LogP contribution in [0.1, 0.15) is 32.6 Å². The first-order valence-electron chi connectivity index (χ1n) is 4.59. The topological polar surface area (TPSA) is 63.6 Å². The molecule has 0 rings (SSSR count). The highest BCUT2D eigenvalue weighted by molar-refractivity contribution is 7.85. The number of hydrogen-bond acceptors (Lipinski definition) is 3. The second kappa shape index (κ2) is 7.29. The fourth-order valence-electron chi connectivity index (χ4n) is 0.912. The third-order valence-electron chi connectivity index (χ3n) is 1.54. The summed E-state index contributed by atoms with van der Waals surface area (Å²) in [5.41, 5.74) is 0. The molecule has 13 heavy (non-hydrogen) atoms. The van der Waals surface area contributed by atoms with Gasteiger partial charge in [-0.15, -0.1) is 0 Å². The Balaban J connectivity index is 3.09. The summed E-state index contributed by atoms with van der Waals surface area (Å²) in [5, 5.41) is 0. The molecule has 0 heterocycles.